The molecule has 0 spiro atoms. The monoisotopic (exact) mass is 344 g/mol. The SMILES string of the molecule is O=C(O)C1CCCN(CCN=Cc2ccc(OC(F)(F)F)cc2)C1. The van der Waals surface area contributed by atoms with Gasteiger partial charge in [0.2, 0.25) is 0 Å². The van der Waals surface area contributed by atoms with Crippen molar-refractivity contribution < 1.29 is 27.8 Å². The Morgan fingerprint density at radius 2 is 2.08 bits per heavy atom. The first-order chi connectivity index (χ1) is 11.3. The van der Waals surface area contributed by atoms with Crippen LogP contribution in [-0.2, 0) is 4.79 Å². The summed E-state index contributed by atoms with van der Waals surface area (Å²) in [5.41, 5.74) is 0.673. The van der Waals surface area contributed by atoms with Crippen LogP contribution in [0.3, 0.4) is 0 Å². The summed E-state index contributed by atoms with van der Waals surface area (Å²) in [5.74, 6) is -1.35. The highest BCUT2D eigenvalue weighted by Crippen LogP contribution is 2.22. The Morgan fingerprint density at radius 1 is 1.38 bits per heavy atom. The normalized spacial score (nSPS) is 19.5. The van der Waals surface area contributed by atoms with Gasteiger partial charge in [-0.1, -0.05) is 0 Å². The number of aliphatic imine (C=N–C) groups is 1. The quantitative estimate of drug-likeness (QED) is 0.806. The van der Waals surface area contributed by atoms with Gasteiger partial charge >= 0.3 is 12.3 Å². The standard InChI is InChI=1S/C16H19F3N2O3/c17-16(18,19)24-14-5-3-12(4-6-14)10-20-7-9-21-8-1-2-13(11-21)15(22)23/h3-6,10,13H,1-2,7-9,11H2,(H,22,23). The van der Waals surface area contributed by atoms with E-state index in [1.54, 1.807) is 6.21 Å². The molecule has 1 aliphatic rings. The van der Waals surface area contributed by atoms with Crippen LogP contribution in [0.5, 0.6) is 5.75 Å². The van der Waals surface area contributed by atoms with E-state index < -0.39 is 12.3 Å². The molecule has 5 nitrogen and oxygen atoms in total. The lowest BCUT2D eigenvalue weighted by Crippen LogP contribution is -2.39. The number of likely N-dealkylation sites (tertiary alicyclic amines) is 1. The number of hydrogen-bond donors (Lipinski definition) is 1. The van der Waals surface area contributed by atoms with Crippen LogP contribution in [0.25, 0.3) is 0 Å². The smallest absolute Gasteiger partial charge is 0.481 e. The molecule has 1 fully saturated rings. The third kappa shape index (κ3) is 6.19. The van der Waals surface area contributed by atoms with Crippen LogP contribution in [0.2, 0.25) is 0 Å². The molecule has 1 unspecified atom stereocenters. The third-order valence-electron chi connectivity index (χ3n) is 3.75. The molecule has 1 aromatic carbocycles. The Morgan fingerprint density at radius 3 is 2.71 bits per heavy atom. The van der Waals surface area contributed by atoms with E-state index in [0.717, 1.165) is 13.0 Å². The summed E-state index contributed by atoms with van der Waals surface area (Å²) in [5, 5.41) is 9.03. The van der Waals surface area contributed by atoms with Gasteiger partial charge in [0.15, 0.2) is 0 Å². The van der Waals surface area contributed by atoms with Crippen LogP contribution in [0.4, 0.5) is 13.2 Å². The van der Waals surface area contributed by atoms with Crippen LogP contribution >= 0.6 is 0 Å². The minimum atomic E-state index is -4.70. The number of halogens is 3. The van der Waals surface area contributed by atoms with Crippen molar-refractivity contribution in [3.8, 4) is 5.75 Å². The van der Waals surface area contributed by atoms with E-state index in [-0.39, 0.29) is 11.7 Å². The zero-order valence-electron chi connectivity index (χ0n) is 13.0. The summed E-state index contributed by atoms with van der Waals surface area (Å²) >= 11 is 0. The second-order valence-corrected chi connectivity index (χ2v) is 5.63. The van der Waals surface area contributed by atoms with Crippen molar-refractivity contribution in [3.05, 3.63) is 29.8 Å². The van der Waals surface area contributed by atoms with Crippen LogP contribution in [0.15, 0.2) is 29.3 Å². The van der Waals surface area contributed by atoms with Crippen molar-refractivity contribution in [1.29, 1.82) is 0 Å². The zero-order chi connectivity index (χ0) is 17.6. The van der Waals surface area contributed by atoms with Crippen molar-refractivity contribution in [2.75, 3.05) is 26.2 Å². The Balaban J connectivity index is 1.76. The van der Waals surface area contributed by atoms with Crippen LogP contribution < -0.4 is 4.74 Å². The number of carboxylic acid groups (broad SMARTS) is 1. The topological polar surface area (TPSA) is 62.1 Å². The van der Waals surface area contributed by atoms with Gasteiger partial charge in [-0.2, -0.15) is 0 Å². The first kappa shape index (κ1) is 18.3. The van der Waals surface area contributed by atoms with E-state index in [9.17, 15) is 18.0 Å². The first-order valence-corrected chi connectivity index (χ1v) is 7.64. The molecule has 0 aliphatic carbocycles. The van der Waals surface area contributed by atoms with Crippen molar-refractivity contribution in [2.45, 2.75) is 19.2 Å². The molecule has 1 atom stereocenters. The molecule has 1 heterocycles. The van der Waals surface area contributed by atoms with E-state index in [0.29, 0.717) is 31.6 Å². The number of piperidine rings is 1. The molecule has 0 saturated carbocycles. The predicted octanol–water partition coefficient (Wildman–Crippen LogP) is 2.80. The van der Waals surface area contributed by atoms with E-state index in [4.69, 9.17) is 5.11 Å². The number of ether oxygens (including phenoxy) is 1. The lowest BCUT2D eigenvalue weighted by Gasteiger charge is -2.29. The van der Waals surface area contributed by atoms with Gasteiger partial charge in [-0.25, -0.2) is 0 Å². The number of alkyl halides is 3. The fourth-order valence-corrected chi connectivity index (χ4v) is 2.58. The summed E-state index contributed by atoms with van der Waals surface area (Å²) in [6, 6.07) is 5.45. The zero-order valence-corrected chi connectivity index (χ0v) is 13.0. The maximum atomic E-state index is 12.1. The Labute approximate surface area is 137 Å². The van der Waals surface area contributed by atoms with Crippen molar-refractivity contribution in [3.63, 3.8) is 0 Å². The molecule has 1 N–H and O–H groups in total. The molecular formula is C16H19F3N2O3. The van der Waals surface area contributed by atoms with Gasteiger partial charge in [0, 0.05) is 19.3 Å². The lowest BCUT2D eigenvalue weighted by atomic mass is 9.98. The predicted molar refractivity (Wildman–Crippen MR) is 82.4 cm³/mol. The largest absolute Gasteiger partial charge is 0.573 e. The highest BCUT2D eigenvalue weighted by molar-refractivity contribution is 5.79. The Hall–Kier alpha value is -2.09. The van der Waals surface area contributed by atoms with Crippen LogP contribution in [-0.4, -0.2) is 54.7 Å². The summed E-state index contributed by atoms with van der Waals surface area (Å²) in [4.78, 5) is 17.3. The van der Waals surface area contributed by atoms with E-state index in [2.05, 4.69) is 14.6 Å². The molecule has 2 rings (SSSR count). The number of carbonyl (C=O) groups is 1. The van der Waals surface area contributed by atoms with Gasteiger partial charge in [-0.3, -0.25) is 9.79 Å². The average molecular weight is 344 g/mol. The van der Waals surface area contributed by atoms with E-state index >= 15 is 0 Å². The molecule has 1 aliphatic heterocycles. The van der Waals surface area contributed by atoms with Gasteiger partial charge in [0.25, 0.3) is 0 Å². The summed E-state index contributed by atoms with van der Waals surface area (Å²) in [6.45, 7) is 2.57. The second kappa shape index (κ2) is 8.14. The van der Waals surface area contributed by atoms with Gasteiger partial charge in [-0.05, 0) is 49.2 Å². The molecule has 24 heavy (non-hydrogen) atoms. The maximum Gasteiger partial charge on any atom is 0.573 e. The number of carboxylic acids is 1. The second-order valence-electron chi connectivity index (χ2n) is 5.63. The van der Waals surface area contributed by atoms with Crippen LogP contribution in [0, 0.1) is 5.92 Å². The number of hydrogen-bond acceptors (Lipinski definition) is 4. The maximum absolute atomic E-state index is 12.1. The molecule has 132 valence electrons. The third-order valence-corrected chi connectivity index (χ3v) is 3.75. The molecule has 0 amide bonds. The fraction of sp³-hybridized carbons (Fsp3) is 0.500. The Bertz CT molecular complexity index is 573. The van der Waals surface area contributed by atoms with Crippen molar-refractivity contribution in [1.82, 2.24) is 4.90 Å². The molecular weight excluding hydrogens is 325 g/mol. The molecule has 0 aromatic heterocycles. The number of benzene rings is 1. The minimum absolute atomic E-state index is 0.271. The van der Waals surface area contributed by atoms with Crippen molar-refractivity contribution in [2.24, 2.45) is 10.9 Å². The summed E-state index contributed by atoms with van der Waals surface area (Å²) in [6.07, 6.45) is -1.54. The highest BCUT2D eigenvalue weighted by Gasteiger charge is 2.30. The highest BCUT2D eigenvalue weighted by atomic mass is 19.4. The fourth-order valence-electron chi connectivity index (χ4n) is 2.58. The van der Waals surface area contributed by atoms with E-state index in [1.165, 1.54) is 24.3 Å². The van der Waals surface area contributed by atoms with Crippen molar-refractivity contribution >= 4 is 12.2 Å². The summed E-state index contributed by atoms with van der Waals surface area (Å²) < 4.78 is 40.0. The first-order valence-electron chi connectivity index (χ1n) is 7.64. The van der Waals surface area contributed by atoms with Gasteiger partial charge in [0.1, 0.15) is 5.75 Å². The molecule has 0 bridgehead atoms. The molecule has 1 aromatic rings. The molecule has 0 radical (unpaired) electrons. The molecule has 8 heteroatoms. The number of aliphatic carboxylic acids is 1. The Kier molecular flexibility index (Phi) is 6.19. The lowest BCUT2D eigenvalue weighted by molar-refractivity contribution is -0.274. The average Bonchev–Trinajstić information content (AvgIpc) is 2.52. The van der Waals surface area contributed by atoms with Gasteiger partial charge < -0.3 is 14.7 Å². The van der Waals surface area contributed by atoms with Gasteiger partial charge in [0.05, 0.1) is 12.5 Å². The summed E-state index contributed by atoms with van der Waals surface area (Å²) in [7, 11) is 0. The van der Waals surface area contributed by atoms with Crippen LogP contribution in [0.1, 0.15) is 18.4 Å². The number of nitrogens with zero attached hydrogens (tertiary/aromatic N) is 2. The molecule has 1 saturated heterocycles. The number of rotatable bonds is 6. The minimum Gasteiger partial charge on any atom is -0.481 e. The van der Waals surface area contributed by atoms with Gasteiger partial charge in [-0.15, -0.1) is 13.2 Å². The van der Waals surface area contributed by atoms with E-state index in [1.807, 2.05) is 0 Å².